The number of halogens is 2. The molecule has 2 aromatic carbocycles. The van der Waals surface area contributed by atoms with Crippen molar-refractivity contribution in [1.82, 2.24) is 0 Å². The summed E-state index contributed by atoms with van der Waals surface area (Å²) in [5, 5.41) is 9.95. The van der Waals surface area contributed by atoms with E-state index in [1.807, 2.05) is 30.3 Å². The molecule has 0 aliphatic heterocycles. The van der Waals surface area contributed by atoms with Crippen LogP contribution in [0.3, 0.4) is 0 Å². The highest BCUT2D eigenvalue weighted by atomic mass is 19.1. The van der Waals surface area contributed by atoms with Gasteiger partial charge in [-0.05, 0) is 37.0 Å². The van der Waals surface area contributed by atoms with Gasteiger partial charge in [0.25, 0.3) is 0 Å². The van der Waals surface area contributed by atoms with Gasteiger partial charge in [-0.3, -0.25) is 0 Å². The molecule has 0 aliphatic carbocycles. The van der Waals surface area contributed by atoms with Crippen LogP contribution in [-0.4, -0.2) is 5.11 Å². The van der Waals surface area contributed by atoms with Crippen molar-refractivity contribution >= 4 is 0 Å². The fourth-order valence-electron chi connectivity index (χ4n) is 2.09. The number of aliphatic hydroxyl groups is 1. The van der Waals surface area contributed by atoms with E-state index in [9.17, 15) is 13.9 Å². The van der Waals surface area contributed by atoms with Gasteiger partial charge in [0.1, 0.15) is 11.6 Å². The van der Waals surface area contributed by atoms with Gasteiger partial charge < -0.3 is 5.11 Å². The highest BCUT2D eigenvalue weighted by Crippen LogP contribution is 2.21. The Bertz CT molecular complexity index is 505. The van der Waals surface area contributed by atoms with E-state index in [1.165, 1.54) is 18.2 Å². The van der Waals surface area contributed by atoms with E-state index in [2.05, 4.69) is 0 Å². The standard InChI is InChI=1S/C16H16F2O/c17-14-9-5-10-15(18)13(14)8-4-11-16(19)12-6-2-1-3-7-12/h1-3,5-7,9-10,16,19H,4,8,11H2. The molecule has 0 spiro atoms. The lowest BCUT2D eigenvalue weighted by Crippen LogP contribution is -2.00. The summed E-state index contributed by atoms with van der Waals surface area (Å²) in [5.41, 5.74) is 0.930. The summed E-state index contributed by atoms with van der Waals surface area (Å²) in [5.74, 6) is -1.04. The number of rotatable bonds is 5. The predicted octanol–water partition coefficient (Wildman–Crippen LogP) is 4.02. The average molecular weight is 262 g/mol. The summed E-state index contributed by atoms with van der Waals surface area (Å²) in [6.45, 7) is 0. The molecule has 2 aromatic rings. The molecule has 1 nitrogen and oxygen atoms in total. The quantitative estimate of drug-likeness (QED) is 0.862. The van der Waals surface area contributed by atoms with Crippen LogP contribution < -0.4 is 0 Å². The topological polar surface area (TPSA) is 20.2 Å². The fraction of sp³-hybridized carbons (Fsp3) is 0.250. The lowest BCUT2D eigenvalue weighted by Gasteiger charge is -2.11. The Morgan fingerprint density at radius 3 is 2.16 bits per heavy atom. The lowest BCUT2D eigenvalue weighted by atomic mass is 10.0. The summed E-state index contributed by atoms with van der Waals surface area (Å²) < 4.78 is 26.8. The van der Waals surface area contributed by atoms with Crippen LogP contribution in [-0.2, 0) is 6.42 Å². The predicted molar refractivity (Wildman–Crippen MR) is 70.7 cm³/mol. The minimum absolute atomic E-state index is 0.0998. The average Bonchev–Trinajstić information content (AvgIpc) is 2.43. The molecule has 0 fully saturated rings. The van der Waals surface area contributed by atoms with Gasteiger partial charge in [0.15, 0.2) is 0 Å². The van der Waals surface area contributed by atoms with Crippen LogP contribution in [0.4, 0.5) is 8.78 Å². The molecule has 0 heterocycles. The van der Waals surface area contributed by atoms with Crippen LogP contribution in [0.1, 0.15) is 30.1 Å². The Morgan fingerprint density at radius 2 is 1.53 bits per heavy atom. The van der Waals surface area contributed by atoms with E-state index >= 15 is 0 Å². The van der Waals surface area contributed by atoms with Crippen LogP contribution in [0.15, 0.2) is 48.5 Å². The summed E-state index contributed by atoms with van der Waals surface area (Å²) in [6.07, 6.45) is 0.727. The summed E-state index contributed by atoms with van der Waals surface area (Å²) >= 11 is 0. The Morgan fingerprint density at radius 1 is 0.895 bits per heavy atom. The molecule has 1 N–H and O–H groups in total. The van der Waals surface area contributed by atoms with Crippen molar-refractivity contribution < 1.29 is 13.9 Å². The number of benzene rings is 2. The molecule has 1 atom stereocenters. The monoisotopic (exact) mass is 262 g/mol. The second-order valence-electron chi connectivity index (χ2n) is 4.52. The third kappa shape index (κ3) is 3.61. The molecular weight excluding hydrogens is 246 g/mol. The van der Waals surface area contributed by atoms with E-state index in [1.54, 1.807) is 0 Å². The molecule has 0 saturated carbocycles. The molecule has 100 valence electrons. The molecule has 0 aliphatic rings. The fourth-order valence-corrected chi connectivity index (χ4v) is 2.09. The van der Waals surface area contributed by atoms with E-state index in [0.29, 0.717) is 19.3 Å². The maximum absolute atomic E-state index is 13.4. The smallest absolute Gasteiger partial charge is 0.129 e. The van der Waals surface area contributed by atoms with E-state index < -0.39 is 17.7 Å². The van der Waals surface area contributed by atoms with Gasteiger partial charge in [-0.2, -0.15) is 0 Å². The second-order valence-corrected chi connectivity index (χ2v) is 4.52. The molecule has 19 heavy (non-hydrogen) atoms. The van der Waals surface area contributed by atoms with Gasteiger partial charge in [-0.25, -0.2) is 8.78 Å². The first kappa shape index (κ1) is 13.7. The van der Waals surface area contributed by atoms with Crippen molar-refractivity contribution in [3.05, 3.63) is 71.3 Å². The van der Waals surface area contributed by atoms with Crippen LogP contribution >= 0.6 is 0 Å². The third-order valence-electron chi connectivity index (χ3n) is 3.15. The third-order valence-corrected chi connectivity index (χ3v) is 3.15. The van der Waals surface area contributed by atoms with Crippen LogP contribution in [0.2, 0.25) is 0 Å². The molecule has 2 rings (SSSR count). The first-order chi connectivity index (χ1) is 9.18. The summed E-state index contributed by atoms with van der Waals surface area (Å²) in [7, 11) is 0. The first-order valence-electron chi connectivity index (χ1n) is 6.34. The van der Waals surface area contributed by atoms with Crippen molar-refractivity contribution in [3.8, 4) is 0 Å². The lowest BCUT2D eigenvalue weighted by molar-refractivity contribution is 0.164. The number of hydrogen-bond acceptors (Lipinski definition) is 1. The Labute approximate surface area is 111 Å². The molecular formula is C16H16F2O. The van der Waals surface area contributed by atoms with Gasteiger partial charge in [-0.1, -0.05) is 36.4 Å². The molecule has 0 aromatic heterocycles. The largest absolute Gasteiger partial charge is 0.388 e. The van der Waals surface area contributed by atoms with Gasteiger partial charge in [0.2, 0.25) is 0 Å². The number of aliphatic hydroxyl groups excluding tert-OH is 1. The Hall–Kier alpha value is -1.74. The van der Waals surface area contributed by atoms with Crippen molar-refractivity contribution in [2.45, 2.75) is 25.4 Å². The van der Waals surface area contributed by atoms with Crippen molar-refractivity contribution in [2.24, 2.45) is 0 Å². The maximum Gasteiger partial charge on any atom is 0.129 e. The molecule has 0 saturated heterocycles. The normalized spacial score (nSPS) is 12.4. The van der Waals surface area contributed by atoms with Crippen LogP contribution in [0.25, 0.3) is 0 Å². The van der Waals surface area contributed by atoms with Gasteiger partial charge in [0.05, 0.1) is 6.10 Å². The molecule has 0 bridgehead atoms. The van der Waals surface area contributed by atoms with Crippen molar-refractivity contribution in [2.75, 3.05) is 0 Å². The Kier molecular flexibility index (Phi) is 4.63. The highest BCUT2D eigenvalue weighted by Gasteiger charge is 2.10. The number of hydrogen-bond donors (Lipinski definition) is 1. The van der Waals surface area contributed by atoms with Crippen LogP contribution in [0.5, 0.6) is 0 Å². The molecule has 0 amide bonds. The van der Waals surface area contributed by atoms with Gasteiger partial charge in [0, 0.05) is 5.56 Å². The van der Waals surface area contributed by atoms with Gasteiger partial charge in [-0.15, -0.1) is 0 Å². The SMILES string of the molecule is OC(CCCc1c(F)cccc1F)c1ccccc1. The minimum atomic E-state index is -0.587. The maximum atomic E-state index is 13.4. The van der Waals surface area contributed by atoms with E-state index in [-0.39, 0.29) is 5.56 Å². The zero-order valence-electron chi connectivity index (χ0n) is 10.5. The van der Waals surface area contributed by atoms with Crippen LogP contribution in [0, 0.1) is 11.6 Å². The van der Waals surface area contributed by atoms with E-state index in [4.69, 9.17) is 0 Å². The van der Waals surface area contributed by atoms with Crippen molar-refractivity contribution in [3.63, 3.8) is 0 Å². The van der Waals surface area contributed by atoms with E-state index in [0.717, 1.165) is 5.56 Å². The summed E-state index contributed by atoms with van der Waals surface area (Å²) in [4.78, 5) is 0. The minimum Gasteiger partial charge on any atom is -0.388 e. The first-order valence-corrected chi connectivity index (χ1v) is 6.34. The molecule has 1 unspecified atom stereocenters. The molecule has 3 heteroatoms. The highest BCUT2D eigenvalue weighted by molar-refractivity contribution is 5.20. The summed E-state index contributed by atoms with van der Waals surface area (Å²) in [6, 6.07) is 13.1. The zero-order valence-corrected chi connectivity index (χ0v) is 10.5. The van der Waals surface area contributed by atoms with Crippen molar-refractivity contribution in [1.29, 1.82) is 0 Å². The zero-order chi connectivity index (χ0) is 13.7. The Balaban J connectivity index is 1.90. The van der Waals surface area contributed by atoms with Gasteiger partial charge >= 0.3 is 0 Å². The second kappa shape index (κ2) is 6.43. The molecule has 0 radical (unpaired) electrons.